The molecular formula is C12H8N4O2. The Balaban J connectivity index is 2.10. The van der Waals surface area contributed by atoms with Crippen molar-refractivity contribution in [3.8, 4) is 29.0 Å². The van der Waals surface area contributed by atoms with Crippen molar-refractivity contribution in [2.45, 2.75) is 0 Å². The normalized spacial score (nSPS) is 12.2. The summed E-state index contributed by atoms with van der Waals surface area (Å²) in [6.45, 7) is 0.208. The molecule has 0 saturated carbocycles. The van der Waals surface area contributed by atoms with Gasteiger partial charge in [-0.15, -0.1) is 0 Å². The maximum atomic E-state index is 8.85. The first-order valence-electron chi connectivity index (χ1n) is 5.21. The number of anilines is 1. The number of rotatable bonds is 1. The number of ether oxygens (including phenoxy) is 2. The lowest BCUT2D eigenvalue weighted by Crippen LogP contribution is -1.98. The van der Waals surface area contributed by atoms with E-state index in [1.54, 1.807) is 18.2 Å². The van der Waals surface area contributed by atoms with Crippen molar-refractivity contribution in [2.75, 3.05) is 12.5 Å². The van der Waals surface area contributed by atoms with E-state index < -0.39 is 0 Å². The molecule has 1 aromatic carbocycles. The fourth-order valence-corrected chi connectivity index (χ4v) is 1.69. The minimum Gasteiger partial charge on any atom is -0.454 e. The molecule has 0 fully saturated rings. The predicted octanol–water partition coefficient (Wildman–Crippen LogP) is 1.33. The summed E-state index contributed by atoms with van der Waals surface area (Å²) in [7, 11) is 0. The van der Waals surface area contributed by atoms with Gasteiger partial charge in [0, 0.05) is 11.6 Å². The second-order valence-electron chi connectivity index (χ2n) is 3.68. The van der Waals surface area contributed by atoms with Gasteiger partial charge in [0.25, 0.3) is 0 Å². The van der Waals surface area contributed by atoms with Crippen LogP contribution in [0.1, 0.15) is 5.69 Å². The van der Waals surface area contributed by atoms with E-state index in [4.69, 9.17) is 20.5 Å². The summed E-state index contributed by atoms with van der Waals surface area (Å²) < 4.78 is 10.5. The smallest absolute Gasteiger partial charge is 0.231 e. The van der Waals surface area contributed by atoms with Crippen molar-refractivity contribution in [3.63, 3.8) is 0 Å². The van der Waals surface area contributed by atoms with Crippen LogP contribution in [0.3, 0.4) is 0 Å². The molecule has 0 spiro atoms. The predicted molar refractivity (Wildman–Crippen MR) is 62.7 cm³/mol. The number of hydrogen-bond donors (Lipinski definition) is 1. The van der Waals surface area contributed by atoms with Gasteiger partial charge in [-0.2, -0.15) is 5.26 Å². The largest absolute Gasteiger partial charge is 0.454 e. The molecule has 2 N–H and O–H groups in total. The average molecular weight is 240 g/mol. The SMILES string of the molecule is N#Cc1cc(N)nc(-c2ccc3c(c2)OCO3)n1. The third kappa shape index (κ3) is 1.68. The summed E-state index contributed by atoms with van der Waals surface area (Å²) in [4.78, 5) is 8.20. The number of nitriles is 1. The topological polar surface area (TPSA) is 94.1 Å². The number of nitrogens with zero attached hydrogens (tertiary/aromatic N) is 3. The molecule has 6 heteroatoms. The Hall–Kier alpha value is -2.81. The Kier molecular flexibility index (Phi) is 2.24. The van der Waals surface area contributed by atoms with Crippen LogP contribution < -0.4 is 15.2 Å². The minimum absolute atomic E-state index is 0.208. The van der Waals surface area contributed by atoms with E-state index in [1.165, 1.54) is 6.07 Å². The molecule has 0 amide bonds. The third-order valence-corrected chi connectivity index (χ3v) is 2.49. The Morgan fingerprint density at radius 1 is 1.17 bits per heavy atom. The fraction of sp³-hybridized carbons (Fsp3) is 0.0833. The van der Waals surface area contributed by atoms with Crippen molar-refractivity contribution >= 4 is 5.82 Å². The van der Waals surface area contributed by atoms with E-state index in [9.17, 15) is 0 Å². The molecule has 0 aliphatic carbocycles. The van der Waals surface area contributed by atoms with E-state index in [-0.39, 0.29) is 18.3 Å². The first-order chi connectivity index (χ1) is 8.76. The van der Waals surface area contributed by atoms with E-state index >= 15 is 0 Å². The van der Waals surface area contributed by atoms with E-state index in [2.05, 4.69) is 9.97 Å². The molecule has 3 rings (SSSR count). The van der Waals surface area contributed by atoms with Gasteiger partial charge in [-0.1, -0.05) is 0 Å². The van der Waals surface area contributed by atoms with Gasteiger partial charge in [-0.05, 0) is 18.2 Å². The Bertz CT molecular complexity index is 664. The summed E-state index contributed by atoms with van der Waals surface area (Å²) >= 11 is 0. The van der Waals surface area contributed by atoms with Gasteiger partial charge in [0.1, 0.15) is 17.6 Å². The van der Waals surface area contributed by atoms with Crippen molar-refractivity contribution < 1.29 is 9.47 Å². The number of aromatic nitrogens is 2. The van der Waals surface area contributed by atoms with Crippen LogP contribution in [0.25, 0.3) is 11.4 Å². The number of fused-ring (bicyclic) bond motifs is 1. The van der Waals surface area contributed by atoms with Crippen LogP contribution in [0.15, 0.2) is 24.3 Å². The second kappa shape index (κ2) is 3.89. The number of benzene rings is 1. The highest BCUT2D eigenvalue weighted by Gasteiger charge is 2.15. The summed E-state index contributed by atoms with van der Waals surface area (Å²) in [6.07, 6.45) is 0. The van der Waals surface area contributed by atoms with Gasteiger partial charge in [0.2, 0.25) is 6.79 Å². The number of nitrogen functional groups attached to an aromatic ring is 1. The third-order valence-electron chi connectivity index (χ3n) is 2.49. The maximum Gasteiger partial charge on any atom is 0.231 e. The molecule has 1 aromatic heterocycles. The first kappa shape index (κ1) is 10.4. The molecular weight excluding hydrogens is 232 g/mol. The van der Waals surface area contributed by atoms with Crippen LogP contribution in [0, 0.1) is 11.3 Å². The average Bonchev–Trinajstić information content (AvgIpc) is 2.85. The quantitative estimate of drug-likeness (QED) is 0.807. The molecule has 1 aliphatic rings. The Morgan fingerprint density at radius 3 is 2.83 bits per heavy atom. The van der Waals surface area contributed by atoms with Gasteiger partial charge < -0.3 is 15.2 Å². The van der Waals surface area contributed by atoms with Crippen LogP contribution in [0.4, 0.5) is 5.82 Å². The van der Waals surface area contributed by atoms with E-state index in [0.717, 1.165) is 5.56 Å². The van der Waals surface area contributed by atoms with Crippen LogP contribution >= 0.6 is 0 Å². The monoisotopic (exact) mass is 240 g/mol. The highest BCUT2D eigenvalue weighted by molar-refractivity contribution is 5.63. The summed E-state index contributed by atoms with van der Waals surface area (Å²) in [5.41, 5.74) is 6.58. The molecule has 1 aliphatic heterocycles. The Morgan fingerprint density at radius 2 is 2.00 bits per heavy atom. The van der Waals surface area contributed by atoms with Crippen molar-refractivity contribution in [2.24, 2.45) is 0 Å². The fourth-order valence-electron chi connectivity index (χ4n) is 1.69. The minimum atomic E-state index is 0.208. The summed E-state index contributed by atoms with van der Waals surface area (Å²) in [5.74, 6) is 1.97. The molecule has 18 heavy (non-hydrogen) atoms. The van der Waals surface area contributed by atoms with Crippen molar-refractivity contribution in [3.05, 3.63) is 30.0 Å². The highest BCUT2D eigenvalue weighted by atomic mass is 16.7. The van der Waals surface area contributed by atoms with Gasteiger partial charge >= 0.3 is 0 Å². The van der Waals surface area contributed by atoms with Crippen LogP contribution in [-0.4, -0.2) is 16.8 Å². The van der Waals surface area contributed by atoms with Gasteiger partial charge in [0.05, 0.1) is 0 Å². The lowest BCUT2D eigenvalue weighted by molar-refractivity contribution is 0.174. The lowest BCUT2D eigenvalue weighted by atomic mass is 10.2. The van der Waals surface area contributed by atoms with E-state index in [1.807, 2.05) is 6.07 Å². The first-order valence-corrected chi connectivity index (χ1v) is 5.21. The molecule has 0 saturated heterocycles. The molecule has 0 radical (unpaired) electrons. The van der Waals surface area contributed by atoms with Crippen molar-refractivity contribution in [1.29, 1.82) is 5.26 Å². The molecule has 0 bridgehead atoms. The maximum absolute atomic E-state index is 8.85. The molecule has 2 aromatic rings. The van der Waals surface area contributed by atoms with Gasteiger partial charge in [0.15, 0.2) is 17.3 Å². The van der Waals surface area contributed by atoms with Gasteiger partial charge in [-0.25, -0.2) is 9.97 Å². The van der Waals surface area contributed by atoms with Crippen LogP contribution in [0.5, 0.6) is 11.5 Å². The number of hydrogen-bond acceptors (Lipinski definition) is 6. The van der Waals surface area contributed by atoms with Gasteiger partial charge in [-0.3, -0.25) is 0 Å². The second-order valence-corrected chi connectivity index (χ2v) is 3.68. The Labute approximate surface area is 103 Å². The standard InChI is InChI=1S/C12H8N4O2/c13-5-8-4-11(14)16-12(15-8)7-1-2-9-10(3-7)18-6-17-9/h1-4H,6H2,(H2,14,15,16). The lowest BCUT2D eigenvalue weighted by Gasteiger charge is -2.03. The van der Waals surface area contributed by atoms with E-state index in [0.29, 0.717) is 17.3 Å². The zero-order chi connectivity index (χ0) is 12.5. The summed E-state index contributed by atoms with van der Waals surface area (Å²) in [6, 6.07) is 8.70. The summed E-state index contributed by atoms with van der Waals surface area (Å²) in [5, 5.41) is 8.85. The number of nitrogens with two attached hydrogens (primary N) is 1. The molecule has 2 heterocycles. The zero-order valence-electron chi connectivity index (χ0n) is 9.25. The molecule has 0 atom stereocenters. The zero-order valence-corrected chi connectivity index (χ0v) is 9.25. The molecule has 88 valence electrons. The highest BCUT2D eigenvalue weighted by Crippen LogP contribution is 2.35. The van der Waals surface area contributed by atoms with Crippen LogP contribution in [-0.2, 0) is 0 Å². The van der Waals surface area contributed by atoms with Crippen molar-refractivity contribution in [1.82, 2.24) is 9.97 Å². The molecule has 0 unspecified atom stereocenters. The molecule has 6 nitrogen and oxygen atoms in total. The van der Waals surface area contributed by atoms with Crippen LogP contribution in [0.2, 0.25) is 0 Å².